The second-order valence-corrected chi connectivity index (χ2v) is 17.5. The molecule has 1 amide bonds. The van der Waals surface area contributed by atoms with Crippen molar-refractivity contribution in [3.05, 3.63) is 209 Å². The summed E-state index contributed by atoms with van der Waals surface area (Å²) in [5.41, 5.74) is 8.47. The Morgan fingerprint density at radius 3 is 2.00 bits per heavy atom. The number of rotatable bonds is 12. The molecule has 0 radical (unpaired) electrons. The minimum absolute atomic E-state index is 0.153. The summed E-state index contributed by atoms with van der Waals surface area (Å²) in [7, 11) is 2.15. The first-order valence-corrected chi connectivity index (χ1v) is 22.8. The van der Waals surface area contributed by atoms with Gasteiger partial charge in [-0.2, -0.15) is 5.10 Å². The molecule has 0 spiro atoms. The molecule has 3 heterocycles. The highest BCUT2D eigenvalue weighted by atomic mass is 19.1. The van der Waals surface area contributed by atoms with Crippen LogP contribution in [0.1, 0.15) is 51.0 Å². The molecule has 2 fully saturated rings. The molecule has 1 aromatic heterocycles. The van der Waals surface area contributed by atoms with Crippen LogP contribution < -0.4 is 15.5 Å². The first-order valence-electron chi connectivity index (χ1n) is 22.8. The zero-order valence-corrected chi connectivity index (χ0v) is 37.0. The van der Waals surface area contributed by atoms with Crippen LogP contribution in [0, 0.1) is 5.82 Å². The van der Waals surface area contributed by atoms with Gasteiger partial charge in [-0.25, -0.2) is 9.07 Å². The van der Waals surface area contributed by atoms with Gasteiger partial charge in [-0.3, -0.25) is 4.79 Å². The molecule has 332 valence electrons. The molecule has 10 heteroatoms. The summed E-state index contributed by atoms with van der Waals surface area (Å²) in [4.78, 5) is 19.9. The highest BCUT2D eigenvalue weighted by molar-refractivity contribution is 6.11. The summed E-state index contributed by atoms with van der Waals surface area (Å²) in [6.45, 7) is 5.06. The molecule has 66 heavy (non-hydrogen) atoms. The zero-order chi connectivity index (χ0) is 45.0. The lowest BCUT2D eigenvalue weighted by atomic mass is 9.77. The van der Waals surface area contributed by atoms with Crippen LogP contribution in [-0.4, -0.2) is 78.2 Å². The van der Waals surface area contributed by atoms with Crippen LogP contribution in [0.15, 0.2) is 170 Å². The summed E-state index contributed by atoms with van der Waals surface area (Å²) < 4.78 is 22.6. The molecule has 3 N–H and O–H groups in total. The lowest BCUT2D eigenvalue weighted by Crippen LogP contribution is -2.44. The van der Waals surface area contributed by atoms with Crippen LogP contribution in [0.3, 0.4) is 0 Å². The summed E-state index contributed by atoms with van der Waals surface area (Å²) in [6.07, 6.45) is 2.08. The maximum absolute atomic E-state index is 15.1. The highest BCUT2D eigenvalue weighted by Gasteiger charge is 2.41. The number of hydrogen-bond acceptors (Lipinski definition) is 7. The number of fused-ring (bicyclic) bond motifs is 1. The van der Waals surface area contributed by atoms with E-state index in [4.69, 9.17) is 9.84 Å². The summed E-state index contributed by atoms with van der Waals surface area (Å²) in [5, 5.41) is 23.8. The van der Waals surface area contributed by atoms with Crippen molar-refractivity contribution in [2.75, 3.05) is 62.0 Å². The van der Waals surface area contributed by atoms with Gasteiger partial charge >= 0.3 is 0 Å². The van der Waals surface area contributed by atoms with E-state index >= 15 is 4.79 Å². The van der Waals surface area contributed by atoms with E-state index in [-0.39, 0.29) is 23.5 Å². The third kappa shape index (κ3) is 8.53. The summed E-state index contributed by atoms with van der Waals surface area (Å²) in [5.74, 6) is -0.0668. The van der Waals surface area contributed by atoms with Gasteiger partial charge < -0.3 is 30.3 Å². The number of nitrogens with one attached hydrogen (secondary N) is 2. The first kappa shape index (κ1) is 42.7. The Morgan fingerprint density at radius 1 is 0.742 bits per heavy atom. The molecule has 2 aliphatic heterocycles. The number of carbonyl (C=O) groups is 1. The zero-order valence-electron chi connectivity index (χ0n) is 37.0. The Hall–Kier alpha value is -7.27. The number of carbonyl (C=O) groups excluding carboxylic acids is 1. The van der Waals surface area contributed by atoms with Gasteiger partial charge in [0.15, 0.2) is 5.82 Å². The second kappa shape index (κ2) is 18.7. The molecule has 0 bridgehead atoms. The van der Waals surface area contributed by atoms with E-state index in [1.165, 1.54) is 6.07 Å². The van der Waals surface area contributed by atoms with Crippen molar-refractivity contribution in [1.82, 2.24) is 14.7 Å². The number of piperazine rings is 1. The van der Waals surface area contributed by atoms with Crippen LogP contribution in [0.5, 0.6) is 5.75 Å². The van der Waals surface area contributed by atoms with E-state index in [1.807, 2.05) is 78.9 Å². The van der Waals surface area contributed by atoms with Crippen LogP contribution in [0.2, 0.25) is 0 Å². The van der Waals surface area contributed by atoms with Gasteiger partial charge in [0.05, 0.1) is 11.1 Å². The molecule has 2 saturated heterocycles. The van der Waals surface area contributed by atoms with Gasteiger partial charge in [-0.15, -0.1) is 0 Å². The van der Waals surface area contributed by atoms with Crippen LogP contribution >= 0.6 is 0 Å². The Kier molecular flexibility index (Phi) is 12.1. The predicted molar refractivity (Wildman–Crippen MR) is 262 cm³/mol. The van der Waals surface area contributed by atoms with Crippen molar-refractivity contribution in [3.8, 4) is 16.9 Å². The van der Waals surface area contributed by atoms with Crippen molar-refractivity contribution < 1.29 is 19.0 Å². The lowest BCUT2D eigenvalue weighted by Gasteiger charge is -2.37. The maximum Gasteiger partial charge on any atom is 0.258 e. The maximum atomic E-state index is 15.1. The Morgan fingerprint density at radius 2 is 1.38 bits per heavy atom. The van der Waals surface area contributed by atoms with Crippen LogP contribution in [0.25, 0.3) is 22.0 Å². The number of anilines is 3. The molecular formula is C56H53FN6O3. The predicted octanol–water partition coefficient (Wildman–Crippen LogP) is 10.6. The van der Waals surface area contributed by atoms with Gasteiger partial charge in [0.1, 0.15) is 17.1 Å². The average molecular weight is 877 g/mol. The van der Waals surface area contributed by atoms with E-state index in [0.29, 0.717) is 31.0 Å². The number of likely N-dealkylation sites (N-methyl/N-ethyl adjacent to an activating group) is 1. The fraction of sp³-hybridized carbons (Fsp3) is 0.214. The monoisotopic (exact) mass is 876 g/mol. The number of phenols is 1. The molecule has 0 saturated carbocycles. The number of amides is 1. The summed E-state index contributed by atoms with van der Waals surface area (Å²) >= 11 is 0. The van der Waals surface area contributed by atoms with Crippen LogP contribution in [0.4, 0.5) is 21.6 Å². The largest absolute Gasteiger partial charge is 0.508 e. The molecule has 0 aliphatic carbocycles. The van der Waals surface area contributed by atoms with Crippen molar-refractivity contribution in [2.24, 2.45) is 0 Å². The number of halogens is 1. The molecule has 7 aromatic carbocycles. The van der Waals surface area contributed by atoms with Crippen molar-refractivity contribution in [1.29, 1.82) is 0 Å². The van der Waals surface area contributed by atoms with Gasteiger partial charge in [0, 0.05) is 62.2 Å². The third-order valence-electron chi connectivity index (χ3n) is 13.2. The topological polar surface area (TPSA) is 94.9 Å². The number of hydrogen-bond donors (Lipinski definition) is 3. The third-order valence-corrected chi connectivity index (χ3v) is 13.2. The molecule has 2 aliphatic rings. The fourth-order valence-corrected chi connectivity index (χ4v) is 9.73. The second-order valence-electron chi connectivity index (χ2n) is 17.5. The number of aromatic nitrogens is 2. The standard InChI is InChI=1S/C56H53FN6O3/c1-61-28-30-62(31-29-61)47-22-25-49(52(37-47)58-46-26-32-66-33-27-46)55(65)59-54-51-36-41(34-39-12-11-19-45(57)35-39)50(40-20-23-48(64)24-21-40)38-53(51)63(60-54)56(42-13-5-2-6-14-42,43-15-7-3-8-16-43)44-17-9-4-10-18-44/h2-25,35-38,46,58,64H,26-34H2,1H3,(H,59,60,65). The molecule has 0 unspecified atom stereocenters. The molecular weight excluding hydrogens is 824 g/mol. The van der Waals surface area contributed by atoms with Crippen molar-refractivity contribution in [2.45, 2.75) is 30.8 Å². The first-order chi connectivity index (χ1) is 32.3. The normalized spacial score (nSPS) is 14.9. The van der Waals surface area contributed by atoms with Gasteiger partial charge in [0.25, 0.3) is 5.91 Å². The number of nitrogens with zero attached hydrogens (tertiary/aromatic N) is 4. The van der Waals surface area contributed by atoms with E-state index in [1.54, 1.807) is 24.3 Å². The van der Waals surface area contributed by atoms with Crippen LogP contribution in [-0.2, 0) is 16.7 Å². The Bertz CT molecular complexity index is 2850. The number of aromatic hydroxyl groups is 1. The van der Waals surface area contributed by atoms with E-state index < -0.39 is 5.54 Å². The smallest absolute Gasteiger partial charge is 0.258 e. The number of benzene rings is 7. The quantitative estimate of drug-likeness (QED) is 0.105. The van der Waals surface area contributed by atoms with E-state index in [9.17, 15) is 9.50 Å². The molecule has 0 atom stereocenters. The molecule has 10 rings (SSSR count). The Balaban J connectivity index is 1.20. The van der Waals surface area contributed by atoms with Gasteiger partial charge in [-0.1, -0.05) is 115 Å². The highest BCUT2D eigenvalue weighted by Crippen LogP contribution is 2.45. The Labute approximate surface area is 385 Å². The SMILES string of the molecule is CN1CCN(c2ccc(C(=O)Nc3nn(C(c4ccccc4)(c4ccccc4)c4ccccc4)c4cc(-c5ccc(O)cc5)c(Cc5cccc(F)c5)cc34)c(NC3CCOCC3)c2)CC1. The number of ether oxygens (including phenoxy) is 1. The van der Waals surface area contributed by atoms with Gasteiger partial charge in [-0.05, 0) is 120 Å². The van der Waals surface area contributed by atoms with E-state index in [0.717, 1.165) is 100 Å². The lowest BCUT2D eigenvalue weighted by molar-refractivity contribution is 0.0904. The molecule has 9 nitrogen and oxygen atoms in total. The minimum Gasteiger partial charge on any atom is -0.508 e. The van der Waals surface area contributed by atoms with Gasteiger partial charge in [0.2, 0.25) is 0 Å². The number of phenolic OH excluding ortho intramolecular Hbond substituents is 1. The minimum atomic E-state index is -1.03. The van der Waals surface area contributed by atoms with Crippen molar-refractivity contribution in [3.63, 3.8) is 0 Å². The van der Waals surface area contributed by atoms with Crippen molar-refractivity contribution >= 4 is 34.0 Å². The average Bonchev–Trinajstić information content (AvgIpc) is 3.69. The fourth-order valence-electron chi connectivity index (χ4n) is 9.73. The summed E-state index contributed by atoms with van der Waals surface area (Å²) in [6, 6.07) is 55.3. The van der Waals surface area contributed by atoms with E-state index in [2.05, 4.69) is 92.8 Å². The molecule has 8 aromatic rings.